The van der Waals surface area contributed by atoms with Crippen molar-refractivity contribution in [2.24, 2.45) is 5.73 Å². The first-order valence-corrected chi connectivity index (χ1v) is 5.33. The second kappa shape index (κ2) is 6.33. The summed E-state index contributed by atoms with van der Waals surface area (Å²) < 4.78 is 0. The monoisotopic (exact) mass is 212 g/mol. The second-order valence-corrected chi connectivity index (χ2v) is 3.57. The molecule has 0 saturated carbocycles. The van der Waals surface area contributed by atoms with Crippen LogP contribution in [0.2, 0.25) is 0 Å². The predicted octanol–water partition coefficient (Wildman–Crippen LogP) is 0.107. The molecule has 0 aliphatic carbocycles. The maximum absolute atomic E-state index is 11.2. The van der Waals surface area contributed by atoms with E-state index in [0.717, 1.165) is 5.75 Å². The smallest absolute Gasteiger partial charge is 0.236 e. The van der Waals surface area contributed by atoms with Gasteiger partial charge in [0.2, 0.25) is 11.9 Å². The minimum atomic E-state index is -0.102. The van der Waals surface area contributed by atoms with Gasteiger partial charge in [0.15, 0.2) is 0 Å². The van der Waals surface area contributed by atoms with E-state index in [-0.39, 0.29) is 5.91 Å². The number of anilines is 1. The average molecular weight is 212 g/mol. The minimum Gasteiger partial charge on any atom is -0.330 e. The lowest BCUT2D eigenvalue weighted by Gasteiger charge is -2.01. The Labute approximate surface area is 86.5 Å². The molecule has 0 spiro atoms. The summed E-state index contributed by atoms with van der Waals surface area (Å²) in [4.78, 5) is 19.0. The zero-order chi connectivity index (χ0) is 10.2. The van der Waals surface area contributed by atoms with Crippen molar-refractivity contribution in [2.45, 2.75) is 0 Å². The molecule has 0 aliphatic rings. The van der Waals surface area contributed by atoms with Gasteiger partial charge in [-0.05, 0) is 6.07 Å². The van der Waals surface area contributed by atoms with Gasteiger partial charge in [-0.1, -0.05) is 0 Å². The van der Waals surface area contributed by atoms with Crippen molar-refractivity contribution in [3.05, 3.63) is 18.5 Å². The third-order valence-electron chi connectivity index (χ3n) is 1.31. The van der Waals surface area contributed by atoms with Gasteiger partial charge in [-0.25, -0.2) is 9.97 Å². The largest absolute Gasteiger partial charge is 0.330 e. The topological polar surface area (TPSA) is 80.9 Å². The highest BCUT2D eigenvalue weighted by Crippen LogP contribution is 2.00. The van der Waals surface area contributed by atoms with Crippen LogP contribution in [0.5, 0.6) is 0 Å². The van der Waals surface area contributed by atoms with E-state index in [4.69, 9.17) is 5.73 Å². The first-order chi connectivity index (χ1) is 6.83. The number of thioether (sulfide) groups is 1. The summed E-state index contributed by atoms with van der Waals surface area (Å²) in [5, 5.41) is 2.58. The molecule has 3 N–H and O–H groups in total. The molecule has 1 aromatic heterocycles. The number of nitrogens with two attached hydrogens (primary N) is 1. The van der Waals surface area contributed by atoms with Gasteiger partial charge in [-0.15, -0.1) is 0 Å². The summed E-state index contributed by atoms with van der Waals surface area (Å²) >= 11 is 1.49. The summed E-state index contributed by atoms with van der Waals surface area (Å²) in [6.07, 6.45) is 3.16. The summed E-state index contributed by atoms with van der Waals surface area (Å²) in [6.45, 7) is 0.583. The second-order valence-electron chi connectivity index (χ2n) is 2.46. The number of carbonyl (C=O) groups is 1. The van der Waals surface area contributed by atoms with Crippen LogP contribution in [-0.2, 0) is 4.79 Å². The zero-order valence-electron chi connectivity index (χ0n) is 7.64. The molecule has 0 saturated heterocycles. The Morgan fingerprint density at radius 1 is 1.50 bits per heavy atom. The normalized spacial score (nSPS) is 9.79. The van der Waals surface area contributed by atoms with E-state index in [2.05, 4.69) is 15.3 Å². The van der Waals surface area contributed by atoms with Crippen molar-refractivity contribution in [1.29, 1.82) is 0 Å². The number of aromatic nitrogens is 2. The maximum atomic E-state index is 11.2. The van der Waals surface area contributed by atoms with Gasteiger partial charge in [0.05, 0.1) is 5.75 Å². The molecule has 1 rings (SSSR count). The number of carbonyl (C=O) groups excluding carboxylic acids is 1. The van der Waals surface area contributed by atoms with Crippen molar-refractivity contribution in [3.63, 3.8) is 0 Å². The van der Waals surface area contributed by atoms with Crippen LogP contribution in [-0.4, -0.2) is 33.9 Å². The van der Waals surface area contributed by atoms with Crippen molar-refractivity contribution < 1.29 is 4.79 Å². The van der Waals surface area contributed by atoms with Gasteiger partial charge in [-0.3, -0.25) is 10.1 Å². The molecule has 1 aromatic rings. The van der Waals surface area contributed by atoms with Crippen LogP contribution >= 0.6 is 11.8 Å². The molecule has 1 amide bonds. The fourth-order valence-electron chi connectivity index (χ4n) is 0.773. The lowest BCUT2D eigenvalue weighted by Crippen LogP contribution is -2.17. The highest BCUT2D eigenvalue weighted by atomic mass is 32.2. The van der Waals surface area contributed by atoms with Crippen LogP contribution in [0.15, 0.2) is 18.5 Å². The molecule has 0 aliphatic heterocycles. The van der Waals surface area contributed by atoms with Crippen molar-refractivity contribution in [2.75, 3.05) is 23.4 Å². The summed E-state index contributed by atoms with van der Waals surface area (Å²) in [6, 6.07) is 1.69. The summed E-state index contributed by atoms with van der Waals surface area (Å²) in [5.41, 5.74) is 5.29. The first kappa shape index (κ1) is 10.9. The van der Waals surface area contributed by atoms with Crippen LogP contribution in [0.25, 0.3) is 0 Å². The van der Waals surface area contributed by atoms with E-state index in [1.807, 2.05) is 0 Å². The molecule has 0 aromatic carbocycles. The van der Waals surface area contributed by atoms with E-state index >= 15 is 0 Å². The van der Waals surface area contributed by atoms with E-state index in [1.54, 1.807) is 18.5 Å². The van der Waals surface area contributed by atoms with E-state index in [0.29, 0.717) is 18.2 Å². The van der Waals surface area contributed by atoms with Crippen LogP contribution in [0, 0.1) is 0 Å². The SMILES string of the molecule is NCCSCC(=O)Nc1ncccn1. The number of amides is 1. The predicted molar refractivity (Wildman–Crippen MR) is 57.0 cm³/mol. The van der Waals surface area contributed by atoms with Crippen LogP contribution in [0.3, 0.4) is 0 Å². The quantitative estimate of drug-likeness (QED) is 0.677. The molecular weight excluding hydrogens is 200 g/mol. The molecule has 76 valence electrons. The lowest BCUT2D eigenvalue weighted by molar-refractivity contribution is -0.113. The van der Waals surface area contributed by atoms with Crippen molar-refractivity contribution >= 4 is 23.6 Å². The van der Waals surface area contributed by atoms with Gasteiger partial charge < -0.3 is 5.73 Å². The first-order valence-electron chi connectivity index (χ1n) is 4.17. The van der Waals surface area contributed by atoms with Crippen LogP contribution < -0.4 is 11.1 Å². The molecule has 6 heteroatoms. The number of hydrogen-bond donors (Lipinski definition) is 2. The summed E-state index contributed by atoms with van der Waals surface area (Å²) in [5.74, 6) is 1.40. The minimum absolute atomic E-state index is 0.102. The third kappa shape index (κ3) is 4.20. The van der Waals surface area contributed by atoms with Crippen molar-refractivity contribution in [1.82, 2.24) is 9.97 Å². The number of nitrogens with one attached hydrogen (secondary N) is 1. The third-order valence-corrected chi connectivity index (χ3v) is 2.30. The molecule has 14 heavy (non-hydrogen) atoms. The van der Waals surface area contributed by atoms with Crippen LogP contribution in [0.1, 0.15) is 0 Å². The Hall–Kier alpha value is -1.14. The van der Waals surface area contributed by atoms with Gasteiger partial charge in [0, 0.05) is 24.7 Å². The highest BCUT2D eigenvalue weighted by Gasteiger charge is 2.02. The summed E-state index contributed by atoms with van der Waals surface area (Å²) in [7, 11) is 0. The highest BCUT2D eigenvalue weighted by molar-refractivity contribution is 7.99. The zero-order valence-corrected chi connectivity index (χ0v) is 8.46. The molecule has 5 nitrogen and oxygen atoms in total. The van der Waals surface area contributed by atoms with Gasteiger partial charge in [0.25, 0.3) is 0 Å². The lowest BCUT2D eigenvalue weighted by atomic mass is 10.6. The number of hydrogen-bond acceptors (Lipinski definition) is 5. The Morgan fingerprint density at radius 3 is 2.86 bits per heavy atom. The van der Waals surface area contributed by atoms with Gasteiger partial charge in [0.1, 0.15) is 0 Å². The van der Waals surface area contributed by atoms with Crippen LogP contribution in [0.4, 0.5) is 5.95 Å². The number of nitrogens with zero attached hydrogens (tertiary/aromatic N) is 2. The Bertz CT molecular complexity index is 280. The Balaban J connectivity index is 2.27. The molecular formula is C8H12N4OS. The van der Waals surface area contributed by atoms with Crippen molar-refractivity contribution in [3.8, 4) is 0 Å². The van der Waals surface area contributed by atoms with Gasteiger partial charge in [-0.2, -0.15) is 11.8 Å². The number of rotatable bonds is 5. The molecule has 0 fully saturated rings. The molecule has 0 unspecified atom stereocenters. The fraction of sp³-hybridized carbons (Fsp3) is 0.375. The molecule has 0 radical (unpaired) electrons. The average Bonchev–Trinajstić information content (AvgIpc) is 2.20. The Kier molecular flexibility index (Phi) is 4.95. The van der Waals surface area contributed by atoms with Gasteiger partial charge >= 0.3 is 0 Å². The fourth-order valence-corrected chi connectivity index (χ4v) is 1.34. The van der Waals surface area contributed by atoms with E-state index in [1.165, 1.54) is 11.8 Å². The Morgan fingerprint density at radius 2 is 2.21 bits per heavy atom. The van der Waals surface area contributed by atoms with E-state index in [9.17, 15) is 4.79 Å². The molecule has 1 heterocycles. The van der Waals surface area contributed by atoms with E-state index < -0.39 is 0 Å². The standard InChI is InChI=1S/C8H12N4OS/c9-2-5-14-6-7(13)12-8-10-3-1-4-11-8/h1,3-4H,2,5-6,9H2,(H,10,11,12,13). The molecule has 0 bridgehead atoms. The molecule has 0 atom stereocenters. The maximum Gasteiger partial charge on any atom is 0.236 e.